The van der Waals surface area contributed by atoms with Crippen LogP contribution in [0.3, 0.4) is 0 Å². The zero-order valence-corrected chi connectivity index (χ0v) is 27.6. The maximum atomic E-state index is 14.0. The molecule has 0 unspecified atom stereocenters. The average molecular weight is 657 g/mol. The highest BCUT2D eigenvalue weighted by Gasteiger charge is 2.49. The molecule has 0 spiro atoms. The molecule has 0 N–H and O–H groups in total. The van der Waals surface area contributed by atoms with Gasteiger partial charge in [0, 0.05) is 65.5 Å². The van der Waals surface area contributed by atoms with Crippen LogP contribution in [-0.4, -0.2) is 43.8 Å². The molecule has 2 aliphatic carbocycles. The number of methoxy groups -OCH3 is 2. The van der Waals surface area contributed by atoms with Crippen molar-refractivity contribution in [3.05, 3.63) is 79.6 Å². The van der Waals surface area contributed by atoms with Crippen LogP contribution in [0.25, 0.3) is 0 Å². The maximum Gasteiger partial charge on any atom is 0.175 e. The molecular formula is C34H39BrClNO5. The second kappa shape index (κ2) is 11.8. The number of rotatable bonds is 8. The van der Waals surface area contributed by atoms with Crippen molar-refractivity contribution in [3.63, 3.8) is 0 Å². The standard InChI is InChI=1S/C34H39BrClNO5/c1-33(2)15-24-30(26(38)17-33)29(31-25(37(24)11-12-40-5)16-34(3,4)18-27(31)39)21-13-22(35)32(28(14-21)41-6)42-19-20-9-7-8-10-23(20)36/h7-10,13-14,29H,11-12,15-19H2,1-6H3. The van der Waals surface area contributed by atoms with Crippen LogP contribution in [0.1, 0.15) is 70.4 Å². The van der Waals surface area contributed by atoms with Gasteiger partial charge in [-0.05, 0) is 63.4 Å². The minimum atomic E-state index is -0.483. The van der Waals surface area contributed by atoms with E-state index < -0.39 is 5.92 Å². The van der Waals surface area contributed by atoms with E-state index in [0.29, 0.717) is 47.0 Å². The number of benzene rings is 2. The van der Waals surface area contributed by atoms with Crippen molar-refractivity contribution < 1.29 is 23.8 Å². The van der Waals surface area contributed by atoms with Gasteiger partial charge in [0.2, 0.25) is 0 Å². The molecule has 6 nitrogen and oxygen atoms in total. The number of halogens is 2. The Bertz CT molecular complexity index is 1440. The molecule has 224 valence electrons. The van der Waals surface area contributed by atoms with Crippen LogP contribution in [0.4, 0.5) is 0 Å². The van der Waals surface area contributed by atoms with Gasteiger partial charge in [-0.2, -0.15) is 0 Å². The van der Waals surface area contributed by atoms with E-state index in [1.54, 1.807) is 14.2 Å². The maximum absolute atomic E-state index is 14.0. The lowest BCUT2D eigenvalue weighted by molar-refractivity contribution is -0.119. The number of nitrogens with zero attached hydrogens (tertiary/aromatic N) is 1. The lowest BCUT2D eigenvalue weighted by Gasteiger charge is -2.49. The number of hydrogen-bond donors (Lipinski definition) is 0. The molecule has 0 saturated carbocycles. The van der Waals surface area contributed by atoms with Gasteiger partial charge in [0.25, 0.3) is 0 Å². The van der Waals surface area contributed by atoms with E-state index in [1.807, 2.05) is 36.4 Å². The number of allylic oxidation sites excluding steroid dienone is 4. The van der Waals surface area contributed by atoms with Crippen molar-refractivity contribution in [2.75, 3.05) is 27.4 Å². The molecular weight excluding hydrogens is 618 g/mol. The molecule has 0 aromatic heterocycles. The Morgan fingerprint density at radius 3 is 2.07 bits per heavy atom. The molecule has 42 heavy (non-hydrogen) atoms. The summed E-state index contributed by atoms with van der Waals surface area (Å²) in [7, 11) is 3.28. The first-order valence-electron chi connectivity index (χ1n) is 14.4. The minimum Gasteiger partial charge on any atom is -0.493 e. The van der Waals surface area contributed by atoms with Crippen molar-refractivity contribution in [1.29, 1.82) is 0 Å². The number of Topliss-reactive ketones (excluding diaryl/α,β-unsaturated/α-hetero) is 2. The zero-order valence-electron chi connectivity index (χ0n) is 25.2. The normalized spacial score (nSPS) is 20.0. The van der Waals surface area contributed by atoms with Gasteiger partial charge in [-0.1, -0.05) is 57.5 Å². The second-order valence-electron chi connectivity index (χ2n) is 13.1. The molecule has 0 amide bonds. The predicted octanol–water partition coefficient (Wildman–Crippen LogP) is 8.02. The van der Waals surface area contributed by atoms with Crippen LogP contribution in [0.15, 0.2) is 63.4 Å². The largest absolute Gasteiger partial charge is 0.493 e. The Balaban J connectivity index is 1.66. The van der Waals surface area contributed by atoms with Crippen molar-refractivity contribution in [1.82, 2.24) is 4.90 Å². The predicted molar refractivity (Wildman–Crippen MR) is 168 cm³/mol. The Labute approximate surface area is 262 Å². The van der Waals surface area contributed by atoms with Crippen LogP contribution in [0, 0.1) is 10.8 Å². The van der Waals surface area contributed by atoms with E-state index in [4.69, 9.17) is 25.8 Å². The summed E-state index contributed by atoms with van der Waals surface area (Å²) in [6.45, 7) is 9.92. The monoisotopic (exact) mass is 655 g/mol. The highest BCUT2D eigenvalue weighted by Crippen LogP contribution is 2.55. The molecule has 3 aliphatic rings. The number of ketones is 2. The number of carbonyl (C=O) groups is 2. The minimum absolute atomic E-state index is 0.0898. The smallest absolute Gasteiger partial charge is 0.175 e. The van der Waals surface area contributed by atoms with Crippen LogP contribution >= 0.6 is 27.5 Å². The van der Waals surface area contributed by atoms with Crippen LogP contribution in [0.5, 0.6) is 11.5 Å². The summed E-state index contributed by atoms with van der Waals surface area (Å²) in [6.07, 6.45) is 2.36. The molecule has 0 radical (unpaired) electrons. The van der Waals surface area contributed by atoms with Gasteiger partial charge in [-0.15, -0.1) is 0 Å². The Hall–Kier alpha value is -2.61. The fourth-order valence-corrected chi connectivity index (χ4v) is 7.41. The van der Waals surface area contributed by atoms with Crippen molar-refractivity contribution in [2.24, 2.45) is 10.8 Å². The van der Waals surface area contributed by atoms with Crippen molar-refractivity contribution in [3.8, 4) is 11.5 Å². The quantitative estimate of drug-likeness (QED) is 0.287. The number of hydrogen-bond acceptors (Lipinski definition) is 6. The van der Waals surface area contributed by atoms with Crippen LogP contribution < -0.4 is 9.47 Å². The molecule has 0 bridgehead atoms. The molecule has 1 heterocycles. The van der Waals surface area contributed by atoms with E-state index in [2.05, 4.69) is 48.5 Å². The SMILES string of the molecule is COCCN1C2=C(C(=O)CC(C)(C)C2)C(c2cc(Br)c(OCc3ccccc3Cl)c(OC)c2)C2=C1CC(C)(C)CC2=O. The molecule has 1 aliphatic heterocycles. The summed E-state index contributed by atoms with van der Waals surface area (Å²) in [5.41, 5.74) is 4.77. The van der Waals surface area contributed by atoms with Gasteiger partial charge in [0.15, 0.2) is 23.1 Å². The molecule has 2 aromatic rings. The first-order valence-corrected chi connectivity index (χ1v) is 15.6. The van der Waals surface area contributed by atoms with E-state index in [0.717, 1.165) is 46.5 Å². The second-order valence-corrected chi connectivity index (χ2v) is 14.4. The van der Waals surface area contributed by atoms with E-state index in [1.165, 1.54) is 0 Å². The van der Waals surface area contributed by atoms with Gasteiger partial charge in [-0.25, -0.2) is 0 Å². The molecule has 0 atom stereocenters. The molecule has 8 heteroatoms. The first-order chi connectivity index (χ1) is 19.9. The Morgan fingerprint density at radius 2 is 1.52 bits per heavy atom. The Morgan fingerprint density at radius 1 is 0.929 bits per heavy atom. The summed E-state index contributed by atoms with van der Waals surface area (Å²) >= 11 is 10.1. The van der Waals surface area contributed by atoms with E-state index in [-0.39, 0.29) is 29.0 Å². The van der Waals surface area contributed by atoms with E-state index >= 15 is 0 Å². The van der Waals surface area contributed by atoms with Gasteiger partial charge >= 0.3 is 0 Å². The Kier molecular flexibility index (Phi) is 8.68. The number of ether oxygens (including phenoxy) is 3. The number of carbonyl (C=O) groups excluding carboxylic acids is 2. The third-order valence-electron chi connectivity index (χ3n) is 8.46. The summed E-state index contributed by atoms with van der Waals surface area (Å²) in [6, 6.07) is 11.4. The highest BCUT2D eigenvalue weighted by atomic mass is 79.9. The summed E-state index contributed by atoms with van der Waals surface area (Å²) in [4.78, 5) is 30.3. The fraction of sp³-hybridized carbons (Fsp3) is 0.471. The molecule has 0 saturated heterocycles. The summed E-state index contributed by atoms with van der Waals surface area (Å²) < 4.78 is 18.2. The summed E-state index contributed by atoms with van der Waals surface area (Å²) in [5, 5.41) is 0.626. The van der Waals surface area contributed by atoms with Crippen molar-refractivity contribution in [2.45, 2.75) is 65.9 Å². The topological polar surface area (TPSA) is 65.1 Å². The molecule has 5 rings (SSSR count). The van der Waals surface area contributed by atoms with Crippen LogP contribution in [0.2, 0.25) is 5.02 Å². The first kappa shape index (κ1) is 30.8. The third kappa shape index (κ3) is 5.93. The zero-order chi connectivity index (χ0) is 30.4. The summed E-state index contributed by atoms with van der Waals surface area (Å²) in [5.74, 6) is 0.752. The lowest BCUT2D eigenvalue weighted by atomic mass is 9.63. The van der Waals surface area contributed by atoms with Crippen molar-refractivity contribution >= 4 is 39.1 Å². The van der Waals surface area contributed by atoms with E-state index in [9.17, 15) is 9.59 Å². The third-order valence-corrected chi connectivity index (χ3v) is 9.41. The van der Waals surface area contributed by atoms with Crippen LogP contribution in [-0.2, 0) is 20.9 Å². The van der Waals surface area contributed by atoms with Gasteiger partial charge in [-0.3, -0.25) is 9.59 Å². The lowest BCUT2D eigenvalue weighted by Crippen LogP contribution is -2.45. The molecule has 0 fully saturated rings. The fourth-order valence-electron chi connectivity index (χ4n) is 6.65. The highest BCUT2D eigenvalue weighted by molar-refractivity contribution is 9.10. The average Bonchev–Trinajstić information content (AvgIpc) is 2.90. The van der Waals surface area contributed by atoms with Gasteiger partial charge in [0.1, 0.15) is 6.61 Å². The molecule has 2 aromatic carbocycles. The van der Waals surface area contributed by atoms with Gasteiger partial charge in [0.05, 0.1) is 18.2 Å². The van der Waals surface area contributed by atoms with Gasteiger partial charge < -0.3 is 19.1 Å².